The highest BCUT2D eigenvalue weighted by molar-refractivity contribution is 9.10. The Morgan fingerprint density at radius 1 is 1.55 bits per heavy atom. The van der Waals surface area contributed by atoms with Crippen molar-refractivity contribution in [1.82, 2.24) is 4.98 Å². The Labute approximate surface area is 123 Å². The van der Waals surface area contributed by atoms with Gasteiger partial charge in [-0.15, -0.1) is 0 Å². The zero-order valence-electron chi connectivity index (χ0n) is 10.7. The Morgan fingerprint density at radius 2 is 2.20 bits per heavy atom. The van der Waals surface area contributed by atoms with Crippen LogP contribution < -0.4 is 4.90 Å². The van der Waals surface area contributed by atoms with E-state index in [1.165, 1.54) is 6.07 Å². The molecule has 1 aromatic heterocycles. The molecule has 1 saturated carbocycles. The molecule has 0 aliphatic heterocycles. The molecule has 1 aliphatic carbocycles. The van der Waals surface area contributed by atoms with Gasteiger partial charge in [-0.2, -0.15) is 0 Å². The summed E-state index contributed by atoms with van der Waals surface area (Å²) in [5, 5.41) is 19.8. The first-order valence-corrected chi connectivity index (χ1v) is 7.06. The molecule has 0 atom stereocenters. The first-order valence-electron chi connectivity index (χ1n) is 6.27. The number of nitro groups is 1. The summed E-state index contributed by atoms with van der Waals surface area (Å²) in [6, 6.07) is 1.47. The first kappa shape index (κ1) is 14.7. The third kappa shape index (κ3) is 3.24. The van der Waals surface area contributed by atoms with Gasteiger partial charge in [0.2, 0.25) is 0 Å². The maximum atomic E-state index is 11.0. The molecule has 0 spiro atoms. The van der Waals surface area contributed by atoms with Crippen LogP contribution in [0.15, 0.2) is 16.7 Å². The standard InChI is InChI=1S/C12H14BrN3O4/c13-10-5-9(16(19)20)6-14-12(10)15(7-11(17)18)8-3-1-2-4-8/h5-6,8H,1-4,7H2,(H,17,18). The fourth-order valence-electron chi connectivity index (χ4n) is 2.47. The van der Waals surface area contributed by atoms with E-state index in [0.29, 0.717) is 10.3 Å². The van der Waals surface area contributed by atoms with Gasteiger partial charge in [0.1, 0.15) is 18.6 Å². The summed E-state index contributed by atoms with van der Waals surface area (Å²) in [7, 11) is 0. The van der Waals surface area contributed by atoms with Gasteiger partial charge in [0.05, 0.1) is 9.40 Å². The van der Waals surface area contributed by atoms with Gasteiger partial charge in [0.25, 0.3) is 5.69 Å². The number of carbonyl (C=O) groups is 1. The highest BCUT2D eigenvalue weighted by Crippen LogP contribution is 2.33. The van der Waals surface area contributed by atoms with Crippen LogP contribution in [-0.2, 0) is 4.79 Å². The van der Waals surface area contributed by atoms with Crippen LogP contribution in [0.4, 0.5) is 11.5 Å². The minimum atomic E-state index is -0.941. The van der Waals surface area contributed by atoms with Crippen molar-refractivity contribution in [2.75, 3.05) is 11.4 Å². The van der Waals surface area contributed by atoms with Gasteiger partial charge in [0, 0.05) is 12.1 Å². The van der Waals surface area contributed by atoms with Gasteiger partial charge >= 0.3 is 5.97 Å². The minimum Gasteiger partial charge on any atom is -0.480 e. The second kappa shape index (κ2) is 6.17. The third-order valence-corrected chi connectivity index (χ3v) is 3.94. The van der Waals surface area contributed by atoms with Gasteiger partial charge in [-0.3, -0.25) is 14.9 Å². The summed E-state index contributed by atoms with van der Waals surface area (Å²) in [5.74, 6) is -0.492. The van der Waals surface area contributed by atoms with Crippen molar-refractivity contribution in [1.29, 1.82) is 0 Å². The molecule has 0 saturated heterocycles. The first-order chi connectivity index (χ1) is 9.49. The van der Waals surface area contributed by atoms with Crippen LogP contribution in [-0.4, -0.2) is 33.6 Å². The summed E-state index contributed by atoms with van der Waals surface area (Å²) in [6.45, 7) is -0.159. The van der Waals surface area contributed by atoms with E-state index in [1.807, 2.05) is 0 Å². The number of halogens is 1. The molecular formula is C12H14BrN3O4. The molecule has 108 valence electrons. The van der Waals surface area contributed by atoms with E-state index in [1.54, 1.807) is 4.90 Å². The lowest BCUT2D eigenvalue weighted by atomic mass is 10.2. The molecule has 0 aromatic carbocycles. The Kier molecular flexibility index (Phi) is 4.53. The van der Waals surface area contributed by atoms with E-state index in [2.05, 4.69) is 20.9 Å². The monoisotopic (exact) mass is 343 g/mol. The highest BCUT2D eigenvalue weighted by atomic mass is 79.9. The van der Waals surface area contributed by atoms with Crippen LogP contribution in [0.2, 0.25) is 0 Å². The van der Waals surface area contributed by atoms with E-state index in [0.717, 1.165) is 31.9 Å². The molecule has 1 fully saturated rings. The molecule has 0 amide bonds. The van der Waals surface area contributed by atoms with Gasteiger partial charge < -0.3 is 10.0 Å². The number of carboxylic acids is 1. The number of nitrogens with zero attached hydrogens (tertiary/aromatic N) is 3. The molecule has 8 heteroatoms. The molecule has 0 bridgehead atoms. The molecular weight excluding hydrogens is 330 g/mol. The molecule has 0 unspecified atom stereocenters. The molecule has 1 aromatic rings. The van der Waals surface area contributed by atoms with Crippen LogP contribution in [0.1, 0.15) is 25.7 Å². The predicted octanol–water partition coefficient (Wildman–Crippen LogP) is 2.59. The van der Waals surface area contributed by atoms with E-state index < -0.39 is 10.9 Å². The second-order valence-corrected chi connectivity index (χ2v) is 5.57. The van der Waals surface area contributed by atoms with Gasteiger partial charge in [-0.25, -0.2) is 4.98 Å². The number of aromatic nitrogens is 1. The Bertz CT molecular complexity index is 531. The fraction of sp³-hybridized carbons (Fsp3) is 0.500. The Balaban J connectivity index is 2.32. The largest absolute Gasteiger partial charge is 0.480 e. The highest BCUT2D eigenvalue weighted by Gasteiger charge is 2.27. The van der Waals surface area contributed by atoms with Crippen molar-refractivity contribution in [2.24, 2.45) is 0 Å². The minimum absolute atomic E-state index is 0.122. The Hall–Kier alpha value is -1.70. The van der Waals surface area contributed by atoms with Crippen molar-refractivity contribution in [3.05, 3.63) is 26.9 Å². The van der Waals surface area contributed by atoms with Crippen LogP contribution in [0, 0.1) is 10.1 Å². The maximum absolute atomic E-state index is 11.0. The summed E-state index contributed by atoms with van der Waals surface area (Å²) in [4.78, 5) is 27.0. The third-order valence-electron chi connectivity index (χ3n) is 3.36. The molecule has 1 N–H and O–H groups in total. The van der Waals surface area contributed by atoms with Crippen molar-refractivity contribution < 1.29 is 14.8 Å². The maximum Gasteiger partial charge on any atom is 0.323 e. The van der Waals surface area contributed by atoms with Crippen LogP contribution in [0.5, 0.6) is 0 Å². The van der Waals surface area contributed by atoms with Gasteiger partial charge in [0.15, 0.2) is 0 Å². The predicted molar refractivity (Wildman–Crippen MR) is 75.8 cm³/mol. The number of pyridine rings is 1. The summed E-state index contributed by atoms with van der Waals surface area (Å²) in [6.07, 6.45) is 5.11. The van der Waals surface area contributed by atoms with Gasteiger partial charge in [-0.05, 0) is 28.8 Å². The molecule has 1 heterocycles. The molecule has 20 heavy (non-hydrogen) atoms. The number of aliphatic carboxylic acids is 1. The summed E-state index contributed by atoms with van der Waals surface area (Å²) >= 11 is 3.25. The SMILES string of the molecule is O=C(O)CN(c1ncc([N+](=O)[O-])cc1Br)C1CCCC1. The molecule has 7 nitrogen and oxygen atoms in total. The summed E-state index contributed by atoms with van der Waals surface area (Å²) < 4.78 is 0.444. The number of hydrogen-bond acceptors (Lipinski definition) is 5. The zero-order chi connectivity index (χ0) is 14.7. The van der Waals surface area contributed by atoms with Gasteiger partial charge in [-0.1, -0.05) is 12.8 Å². The average Bonchev–Trinajstić information content (AvgIpc) is 2.89. The van der Waals surface area contributed by atoms with Crippen molar-refractivity contribution >= 4 is 33.4 Å². The smallest absolute Gasteiger partial charge is 0.323 e. The summed E-state index contributed by atoms with van der Waals surface area (Å²) in [5.41, 5.74) is -0.123. The van der Waals surface area contributed by atoms with Crippen molar-refractivity contribution in [3.63, 3.8) is 0 Å². The molecule has 2 rings (SSSR count). The quantitative estimate of drug-likeness (QED) is 0.651. The van der Waals surface area contributed by atoms with E-state index in [-0.39, 0.29) is 18.3 Å². The van der Waals surface area contributed by atoms with E-state index >= 15 is 0 Å². The average molecular weight is 344 g/mol. The zero-order valence-corrected chi connectivity index (χ0v) is 12.2. The molecule has 1 aliphatic rings. The fourth-order valence-corrected chi connectivity index (χ4v) is 3.04. The Morgan fingerprint density at radius 3 is 2.70 bits per heavy atom. The van der Waals surface area contributed by atoms with Crippen molar-refractivity contribution in [2.45, 2.75) is 31.7 Å². The van der Waals surface area contributed by atoms with Crippen LogP contribution in [0.3, 0.4) is 0 Å². The van der Waals surface area contributed by atoms with Crippen LogP contribution in [0.25, 0.3) is 0 Å². The number of rotatable bonds is 5. The lowest BCUT2D eigenvalue weighted by molar-refractivity contribution is -0.385. The van der Waals surface area contributed by atoms with Crippen molar-refractivity contribution in [3.8, 4) is 0 Å². The van der Waals surface area contributed by atoms with Crippen LogP contribution >= 0.6 is 15.9 Å². The van der Waals surface area contributed by atoms with E-state index in [4.69, 9.17) is 5.11 Å². The number of hydrogen-bond donors (Lipinski definition) is 1. The lowest BCUT2D eigenvalue weighted by Crippen LogP contribution is -2.38. The molecule has 0 radical (unpaired) electrons. The number of carboxylic acid groups (broad SMARTS) is 1. The normalized spacial score (nSPS) is 15.2. The lowest BCUT2D eigenvalue weighted by Gasteiger charge is -2.29. The number of anilines is 1. The topological polar surface area (TPSA) is 96.6 Å². The van der Waals surface area contributed by atoms with E-state index in [9.17, 15) is 14.9 Å². The second-order valence-electron chi connectivity index (χ2n) is 4.72.